The first-order chi connectivity index (χ1) is 11.3. The van der Waals surface area contributed by atoms with Gasteiger partial charge in [-0.3, -0.25) is 4.57 Å². The van der Waals surface area contributed by atoms with Crippen LogP contribution >= 0.6 is 0 Å². The number of rotatable bonds is 3. The molecule has 0 aliphatic rings. The molecule has 0 saturated heterocycles. The Hall–Kier alpha value is -2.91. The zero-order chi connectivity index (χ0) is 17.5. The highest BCUT2D eigenvalue weighted by molar-refractivity contribution is 5.54. The minimum Gasteiger partial charge on any atom is -0.278 e. The van der Waals surface area contributed by atoms with Gasteiger partial charge in [0, 0.05) is 19.7 Å². The predicted octanol–water partition coefficient (Wildman–Crippen LogP) is 1.44. The fourth-order valence-corrected chi connectivity index (χ4v) is 2.42. The van der Waals surface area contributed by atoms with Crippen molar-refractivity contribution in [2.75, 3.05) is 0 Å². The van der Waals surface area contributed by atoms with Gasteiger partial charge in [-0.05, 0) is 0 Å². The van der Waals surface area contributed by atoms with Gasteiger partial charge in [-0.25, -0.2) is 14.2 Å². The molecule has 10 heteroatoms. The van der Waals surface area contributed by atoms with Crippen LogP contribution in [0.1, 0.15) is 11.4 Å². The van der Waals surface area contributed by atoms with Crippen LogP contribution in [0.25, 0.3) is 11.4 Å². The molecule has 0 N–H and O–H groups in total. The molecule has 1 aromatic carbocycles. The Balaban J connectivity index is 2.03. The van der Waals surface area contributed by atoms with E-state index in [2.05, 4.69) is 15.4 Å². The summed E-state index contributed by atoms with van der Waals surface area (Å²) in [6, 6.07) is 8.89. The van der Waals surface area contributed by atoms with Crippen LogP contribution in [0.15, 0.2) is 35.1 Å². The molecule has 0 fully saturated rings. The van der Waals surface area contributed by atoms with Gasteiger partial charge in [-0.2, -0.15) is 13.2 Å². The molecule has 7 nitrogen and oxygen atoms in total. The monoisotopic (exact) mass is 338 g/mol. The summed E-state index contributed by atoms with van der Waals surface area (Å²) in [7, 11) is 2.66. The third-order valence-electron chi connectivity index (χ3n) is 3.54. The van der Waals surface area contributed by atoms with Crippen LogP contribution in [0.5, 0.6) is 0 Å². The van der Waals surface area contributed by atoms with E-state index in [9.17, 15) is 18.0 Å². The first-order valence-electron chi connectivity index (χ1n) is 6.94. The van der Waals surface area contributed by atoms with E-state index in [0.29, 0.717) is 16.1 Å². The Bertz CT molecular complexity index is 922. The van der Waals surface area contributed by atoms with Crippen LogP contribution in [0.3, 0.4) is 0 Å². The molecule has 0 aliphatic heterocycles. The topological polar surface area (TPSA) is 70.5 Å². The molecule has 0 saturated carbocycles. The van der Waals surface area contributed by atoms with E-state index in [-0.39, 0.29) is 5.69 Å². The summed E-state index contributed by atoms with van der Waals surface area (Å²) in [4.78, 5) is 12.3. The normalized spacial score (nSPS) is 11.9. The molecule has 2 aromatic heterocycles. The molecule has 0 bridgehead atoms. The van der Waals surface area contributed by atoms with E-state index >= 15 is 0 Å². The highest BCUT2D eigenvalue weighted by atomic mass is 19.4. The molecule has 0 aliphatic carbocycles. The minimum atomic E-state index is -4.62. The third-order valence-corrected chi connectivity index (χ3v) is 3.54. The lowest BCUT2D eigenvalue weighted by Crippen LogP contribution is -2.25. The van der Waals surface area contributed by atoms with Crippen molar-refractivity contribution in [3.05, 3.63) is 52.2 Å². The lowest BCUT2D eigenvalue weighted by molar-refractivity contribution is -0.144. The van der Waals surface area contributed by atoms with Gasteiger partial charge in [0.25, 0.3) is 0 Å². The van der Waals surface area contributed by atoms with Crippen molar-refractivity contribution in [3.63, 3.8) is 0 Å². The van der Waals surface area contributed by atoms with Crippen LogP contribution in [0.2, 0.25) is 0 Å². The molecule has 126 valence electrons. The molecule has 3 rings (SSSR count). The molecule has 24 heavy (non-hydrogen) atoms. The average Bonchev–Trinajstić information content (AvgIpc) is 3.03. The number of hydrogen-bond donors (Lipinski definition) is 0. The van der Waals surface area contributed by atoms with E-state index in [4.69, 9.17) is 0 Å². The standard InChI is InChI=1S/C14H13F3N6O/c1-21-12(9-6-4-3-5-7-9)19-23(13(21)24)8-10-11(14(15,16)17)22(2)20-18-10/h3-7H,8H2,1-2H3. The van der Waals surface area contributed by atoms with Gasteiger partial charge in [-0.1, -0.05) is 35.5 Å². The van der Waals surface area contributed by atoms with Gasteiger partial charge >= 0.3 is 11.9 Å². The Morgan fingerprint density at radius 1 is 1.12 bits per heavy atom. The predicted molar refractivity (Wildman–Crippen MR) is 78.0 cm³/mol. The summed E-state index contributed by atoms with van der Waals surface area (Å²) < 4.78 is 42.1. The van der Waals surface area contributed by atoms with Crippen LogP contribution in [-0.2, 0) is 26.8 Å². The molecule has 0 spiro atoms. The van der Waals surface area contributed by atoms with Crippen molar-refractivity contribution in [2.24, 2.45) is 14.1 Å². The molecular formula is C14H13F3N6O. The van der Waals surface area contributed by atoms with Gasteiger partial charge < -0.3 is 0 Å². The van der Waals surface area contributed by atoms with Gasteiger partial charge in [0.1, 0.15) is 5.69 Å². The second kappa shape index (κ2) is 5.62. The minimum absolute atomic E-state index is 0.357. The van der Waals surface area contributed by atoms with E-state index in [0.717, 1.165) is 11.7 Å². The quantitative estimate of drug-likeness (QED) is 0.725. The smallest absolute Gasteiger partial charge is 0.278 e. The number of benzene rings is 1. The van der Waals surface area contributed by atoms with E-state index in [1.807, 2.05) is 6.07 Å². The highest BCUT2D eigenvalue weighted by Gasteiger charge is 2.38. The molecule has 2 heterocycles. The number of aromatic nitrogens is 6. The van der Waals surface area contributed by atoms with Crippen molar-refractivity contribution < 1.29 is 13.2 Å². The Labute approximate surface area is 133 Å². The molecule has 0 unspecified atom stereocenters. The second-order valence-electron chi connectivity index (χ2n) is 5.19. The lowest BCUT2D eigenvalue weighted by Gasteiger charge is -2.07. The highest BCUT2D eigenvalue weighted by Crippen LogP contribution is 2.30. The van der Waals surface area contributed by atoms with Crippen molar-refractivity contribution in [2.45, 2.75) is 12.7 Å². The van der Waals surface area contributed by atoms with Crippen molar-refractivity contribution in [1.82, 2.24) is 29.3 Å². The molecule has 0 amide bonds. The number of aryl methyl sites for hydroxylation is 1. The first kappa shape index (κ1) is 16.0. The first-order valence-corrected chi connectivity index (χ1v) is 6.94. The lowest BCUT2D eigenvalue weighted by atomic mass is 10.2. The SMILES string of the molecule is Cn1nnc(Cn2nc(-c3ccccc3)n(C)c2=O)c1C(F)(F)F. The third kappa shape index (κ3) is 2.70. The number of hydrogen-bond acceptors (Lipinski definition) is 4. The summed E-state index contributed by atoms with van der Waals surface area (Å²) in [5.41, 5.74) is -1.20. The fourth-order valence-electron chi connectivity index (χ4n) is 2.42. The average molecular weight is 338 g/mol. The van der Waals surface area contributed by atoms with Crippen molar-refractivity contribution in [1.29, 1.82) is 0 Å². The summed E-state index contributed by atoms with van der Waals surface area (Å²) in [6.07, 6.45) is -4.62. The number of nitrogens with zero attached hydrogens (tertiary/aromatic N) is 6. The Morgan fingerprint density at radius 3 is 2.42 bits per heavy atom. The summed E-state index contributed by atoms with van der Waals surface area (Å²) in [5.74, 6) is 0.359. The fraction of sp³-hybridized carbons (Fsp3) is 0.286. The second-order valence-corrected chi connectivity index (χ2v) is 5.19. The largest absolute Gasteiger partial charge is 0.434 e. The summed E-state index contributed by atoms with van der Waals surface area (Å²) in [5, 5.41) is 11.0. The van der Waals surface area contributed by atoms with Gasteiger partial charge in [0.15, 0.2) is 11.5 Å². The molecular weight excluding hydrogens is 325 g/mol. The Kier molecular flexibility index (Phi) is 3.74. The zero-order valence-corrected chi connectivity index (χ0v) is 12.8. The van der Waals surface area contributed by atoms with E-state index in [1.54, 1.807) is 24.3 Å². The summed E-state index contributed by atoms with van der Waals surface area (Å²) >= 11 is 0. The van der Waals surface area contributed by atoms with Gasteiger partial charge in [0.05, 0.1) is 6.54 Å². The van der Waals surface area contributed by atoms with Gasteiger partial charge in [-0.15, -0.1) is 10.2 Å². The van der Waals surface area contributed by atoms with E-state index < -0.39 is 24.1 Å². The molecule has 0 radical (unpaired) electrons. The van der Waals surface area contributed by atoms with Crippen LogP contribution in [-0.4, -0.2) is 29.3 Å². The van der Waals surface area contributed by atoms with E-state index in [1.165, 1.54) is 11.6 Å². The van der Waals surface area contributed by atoms with Crippen molar-refractivity contribution in [3.8, 4) is 11.4 Å². The van der Waals surface area contributed by atoms with Crippen LogP contribution in [0.4, 0.5) is 13.2 Å². The summed E-state index contributed by atoms with van der Waals surface area (Å²) in [6.45, 7) is -0.414. The maximum atomic E-state index is 13.1. The van der Waals surface area contributed by atoms with Crippen LogP contribution in [0, 0.1) is 0 Å². The number of halogens is 3. The number of alkyl halides is 3. The molecule has 3 aromatic rings. The maximum absolute atomic E-state index is 13.1. The van der Waals surface area contributed by atoms with Crippen LogP contribution < -0.4 is 5.69 Å². The Morgan fingerprint density at radius 2 is 1.79 bits per heavy atom. The zero-order valence-electron chi connectivity index (χ0n) is 12.8. The van der Waals surface area contributed by atoms with Crippen molar-refractivity contribution >= 4 is 0 Å². The molecule has 0 atom stereocenters. The van der Waals surface area contributed by atoms with Gasteiger partial charge in [0.2, 0.25) is 0 Å². The maximum Gasteiger partial charge on any atom is 0.434 e.